The molecule has 1 saturated heterocycles. The van der Waals surface area contributed by atoms with Crippen LogP contribution < -0.4 is 10.2 Å². The number of anilines is 2. The van der Waals surface area contributed by atoms with Crippen LogP contribution in [0, 0.1) is 13.8 Å². The van der Waals surface area contributed by atoms with Gasteiger partial charge in [-0.2, -0.15) is 0 Å². The van der Waals surface area contributed by atoms with Crippen molar-refractivity contribution >= 4 is 40.6 Å². The van der Waals surface area contributed by atoms with Crippen LogP contribution >= 0.6 is 23.2 Å². The van der Waals surface area contributed by atoms with Crippen molar-refractivity contribution < 1.29 is 4.79 Å². The van der Waals surface area contributed by atoms with Crippen molar-refractivity contribution in [2.24, 2.45) is 0 Å². The second-order valence-electron chi connectivity index (χ2n) is 6.32. The third-order valence-corrected chi connectivity index (χ3v) is 4.98. The number of halogens is 2. The molecule has 6 heteroatoms. The Morgan fingerprint density at radius 1 is 1.00 bits per heavy atom. The van der Waals surface area contributed by atoms with Crippen molar-refractivity contribution in [1.29, 1.82) is 0 Å². The SMILES string of the molecule is Cc1ccc(N2CCN(C(=O)Nc3ccc(Cl)cc3Cl)CC2)c(C)c1. The lowest BCUT2D eigenvalue weighted by Crippen LogP contribution is -2.50. The number of piperazine rings is 1. The average Bonchev–Trinajstić information content (AvgIpc) is 2.57. The number of nitrogens with one attached hydrogen (secondary N) is 1. The van der Waals surface area contributed by atoms with E-state index >= 15 is 0 Å². The zero-order chi connectivity index (χ0) is 18.0. The van der Waals surface area contributed by atoms with Gasteiger partial charge in [-0.3, -0.25) is 0 Å². The summed E-state index contributed by atoms with van der Waals surface area (Å²) in [5.41, 5.74) is 4.35. The van der Waals surface area contributed by atoms with E-state index < -0.39 is 0 Å². The predicted octanol–water partition coefficient (Wildman–Crippen LogP) is 4.96. The maximum atomic E-state index is 12.5. The van der Waals surface area contributed by atoms with Crippen molar-refractivity contribution in [3.63, 3.8) is 0 Å². The minimum atomic E-state index is -0.135. The lowest BCUT2D eigenvalue weighted by Gasteiger charge is -2.36. The van der Waals surface area contributed by atoms with Crippen LogP contribution in [0.15, 0.2) is 36.4 Å². The molecule has 0 unspecified atom stereocenters. The Kier molecular flexibility index (Phi) is 5.40. The highest BCUT2D eigenvalue weighted by Crippen LogP contribution is 2.26. The fraction of sp³-hybridized carbons (Fsp3) is 0.316. The molecule has 0 radical (unpaired) electrons. The van der Waals surface area contributed by atoms with Gasteiger partial charge in [-0.05, 0) is 43.7 Å². The molecule has 0 spiro atoms. The summed E-state index contributed by atoms with van der Waals surface area (Å²) >= 11 is 12.0. The van der Waals surface area contributed by atoms with E-state index in [0.29, 0.717) is 28.8 Å². The van der Waals surface area contributed by atoms with E-state index in [-0.39, 0.29) is 6.03 Å². The molecule has 4 nitrogen and oxygen atoms in total. The second-order valence-corrected chi connectivity index (χ2v) is 7.16. The fourth-order valence-electron chi connectivity index (χ4n) is 3.10. The van der Waals surface area contributed by atoms with E-state index in [1.807, 2.05) is 4.90 Å². The number of amides is 2. The summed E-state index contributed by atoms with van der Waals surface area (Å²) in [6.45, 7) is 7.19. The first kappa shape index (κ1) is 17.9. The molecule has 1 aliphatic rings. The molecular formula is C19H21Cl2N3O. The van der Waals surface area contributed by atoms with Crippen molar-refractivity contribution in [3.05, 3.63) is 57.6 Å². The van der Waals surface area contributed by atoms with E-state index in [1.165, 1.54) is 16.8 Å². The molecule has 1 fully saturated rings. The van der Waals surface area contributed by atoms with Gasteiger partial charge in [0.1, 0.15) is 0 Å². The molecule has 25 heavy (non-hydrogen) atoms. The molecule has 1 N–H and O–H groups in total. The maximum Gasteiger partial charge on any atom is 0.322 e. The molecule has 0 bridgehead atoms. The van der Waals surface area contributed by atoms with Crippen LogP contribution in [-0.4, -0.2) is 37.1 Å². The van der Waals surface area contributed by atoms with Gasteiger partial charge in [0, 0.05) is 36.9 Å². The number of carbonyl (C=O) groups is 1. The number of aryl methyl sites for hydroxylation is 2. The van der Waals surface area contributed by atoms with Gasteiger partial charge in [0.15, 0.2) is 0 Å². The monoisotopic (exact) mass is 377 g/mol. The standard InChI is InChI=1S/C19H21Cl2N3O/c1-13-3-6-18(14(2)11-13)23-7-9-24(10-8-23)19(25)22-17-5-4-15(20)12-16(17)21/h3-6,11-12H,7-10H2,1-2H3,(H,22,25). The number of urea groups is 1. The Labute approximate surface area is 158 Å². The first-order valence-electron chi connectivity index (χ1n) is 8.27. The average molecular weight is 378 g/mol. The molecule has 0 aromatic heterocycles. The smallest absolute Gasteiger partial charge is 0.322 e. The molecule has 2 aromatic rings. The molecule has 3 rings (SSSR count). The number of benzene rings is 2. The van der Waals surface area contributed by atoms with Crippen LogP contribution in [0.3, 0.4) is 0 Å². The molecule has 1 heterocycles. The predicted molar refractivity (Wildman–Crippen MR) is 105 cm³/mol. The molecule has 0 atom stereocenters. The van der Waals surface area contributed by atoms with Gasteiger partial charge in [-0.25, -0.2) is 4.79 Å². The van der Waals surface area contributed by atoms with Crippen molar-refractivity contribution in [3.8, 4) is 0 Å². The highest BCUT2D eigenvalue weighted by molar-refractivity contribution is 6.36. The van der Waals surface area contributed by atoms with Crippen molar-refractivity contribution in [1.82, 2.24) is 4.90 Å². The lowest BCUT2D eigenvalue weighted by atomic mass is 10.1. The summed E-state index contributed by atoms with van der Waals surface area (Å²) in [6, 6.07) is 11.4. The minimum Gasteiger partial charge on any atom is -0.368 e. The summed E-state index contributed by atoms with van der Waals surface area (Å²) in [4.78, 5) is 16.6. The number of rotatable bonds is 2. The van der Waals surface area contributed by atoms with E-state index in [2.05, 4.69) is 42.3 Å². The Morgan fingerprint density at radius 3 is 2.36 bits per heavy atom. The Morgan fingerprint density at radius 2 is 1.72 bits per heavy atom. The first-order valence-corrected chi connectivity index (χ1v) is 9.03. The number of hydrogen-bond donors (Lipinski definition) is 1. The van der Waals surface area contributed by atoms with Crippen LogP contribution in [0.5, 0.6) is 0 Å². The fourth-order valence-corrected chi connectivity index (χ4v) is 3.55. The van der Waals surface area contributed by atoms with Crippen LogP contribution in [0.1, 0.15) is 11.1 Å². The summed E-state index contributed by atoms with van der Waals surface area (Å²) in [5.74, 6) is 0. The number of nitrogens with zero attached hydrogens (tertiary/aromatic N) is 2. The van der Waals surface area contributed by atoms with Crippen molar-refractivity contribution in [2.75, 3.05) is 36.4 Å². The third-order valence-electron chi connectivity index (χ3n) is 4.43. The maximum absolute atomic E-state index is 12.5. The van der Waals surface area contributed by atoms with E-state index in [1.54, 1.807) is 18.2 Å². The summed E-state index contributed by atoms with van der Waals surface area (Å²) in [7, 11) is 0. The van der Waals surface area contributed by atoms with E-state index in [4.69, 9.17) is 23.2 Å². The van der Waals surface area contributed by atoms with Crippen LogP contribution in [0.4, 0.5) is 16.2 Å². The van der Waals surface area contributed by atoms with Gasteiger partial charge in [0.2, 0.25) is 0 Å². The van der Waals surface area contributed by atoms with Gasteiger partial charge in [-0.1, -0.05) is 40.9 Å². The lowest BCUT2D eigenvalue weighted by molar-refractivity contribution is 0.208. The summed E-state index contributed by atoms with van der Waals surface area (Å²) in [6.07, 6.45) is 0. The molecule has 132 valence electrons. The van der Waals surface area contributed by atoms with Crippen molar-refractivity contribution in [2.45, 2.75) is 13.8 Å². The zero-order valence-electron chi connectivity index (χ0n) is 14.4. The molecule has 0 saturated carbocycles. The van der Waals surface area contributed by atoms with Crippen LogP contribution in [0.2, 0.25) is 10.0 Å². The van der Waals surface area contributed by atoms with E-state index in [9.17, 15) is 4.79 Å². The quantitative estimate of drug-likeness (QED) is 0.801. The Bertz CT molecular complexity index is 786. The highest BCUT2D eigenvalue weighted by atomic mass is 35.5. The van der Waals surface area contributed by atoms with Gasteiger partial charge >= 0.3 is 6.03 Å². The van der Waals surface area contributed by atoms with Gasteiger partial charge < -0.3 is 15.1 Å². The topological polar surface area (TPSA) is 35.6 Å². The van der Waals surface area contributed by atoms with Gasteiger partial charge in [-0.15, -0.1) is 0 Å². The van der Waals surface area contributed by atoms with Crippen LogP contribution in [0.25, 0.3) is 0 Å². The minimum absolute atomic E-state index is 0.135. The second kappa shape index (κ2) is 7.54. The summed E-state index contributed by atoms with van der Waals surface area (Å²) in [5, 5.41) is 3.84. The van der Waals surface area contributed by atoms with E-state index in [0.717, 1.165) is 13.1 Å². The number of carbonyl (C=O) groups excluding carboxylic acids is 1. The van der Waals surface area contributed by atoms with Gasteiger partial charge in [0.25, 0.3) is 0 Å². The molecule has 0 aliphatic carbocycles. The third kappa shape index (κ3) is 4.20. The Balaban J connectivity index is 1.60. The largest absolute Gasteiger partial charge is 0.368 e. The molecular weight excluding hydrogens is 357 g/mol. The highest BCUT2D eigenvalue weighted by Gasteiger charge is 2.22. The molecule has 1 aliphatic heterocycles. The Hall–Kier alpha value is -1.91. The number of hydrogen-bond acceptors (Lipinski definition) is 2. The van der Waals surface area contributed by atoms with Crippen LogP contribution in [-0.2, 0) is 0 Å². The van der Waals surface area contributed by atoms with Gasteiger partial charge in [0.05, 0.1) is 10.7 Å². The zero-order valence-corrected chi connectivity index (χ0v) is 15.9. The molecule has 2 amide bonds. The first-order chi connectivity index (χ1) is 11.9. The molecule has 2 aromatic carbocycles. The summed E-state index contributed by atoms with van der Waals surface area (Å²) < 4.78 is 0. The normalized spacial score (nSPS) is 14.6.